The molecule has 0 heterocycles. The van der Waals surface area contributed by atoms with Gasteiger partial charge in [0.05, 0.1) is 5.69 Å². The van der Waals surface area contributed by atoms with Crippen LogP contribution in [0.4, 0.5) is 5.69 Å². The molecule has 0 unspecified atom stereocenters. The summed E-state index contributed by atoms with van der Waals surface area (Å²) >= 11 is 0. The molecule has 0 spiro atoms. The third-order valence-corrected chi connectivity index (χ3v) is 1.91. The second-order valence-corrected chi connectivity index (χ2v) is 2.92. The van der Waals surface area contributed by atoms with Crippen molar-refractivity contribution in [2.45, 2.75) is 6.92 Å². The molecule has 0 atom stereocenters. The van der Waals surface area contributed by atoms with Gasteiger partial charge in [0.2, 0.25) is 0 Å². The van der Waals surface area contributed by atoms with E-state index in [2.05, 4.69) is 24.9 Å². The second kappa shape index (κ2) is 3.85. The smallest absolute Gasteiger partial charge is 0.0700 e. The first kappa shape index (κ1) is 9.46. The lowest BCUT2D eigenvalue weighted by molar-refractivity contribution is 1.48. The van der Waals surface area contributed by atoms with E-state index < -0.39 is 0 Å². The molecule has 0 saturated carbocycles. The van der Waals surface area contributed by atoms with Crippen molar-refractivity contribution in [1.82, 2.24) is 0 Å². The van der Waals surface area contributed by atoms with Crippen LogP contribution in [0.15, 0.2) is 36.3 Å². The predicted octanol–water partition coefficient (Wildman–Crippen LogP) is 3.69. The first-order valence-corrected chi connectivity index (χ1v) is 4.08. The number of hydrogen-bond acceptors (Lipinski definition) is 1. The lowest BCUT2D eigenvalue weighted by Gasteiger charge is -2.04. The van der Waals surface area contributed by atoms with Gasteiger partial charge < -0.3 is 0 Å². The van der Waals surface area contributed by atoms with Crippen LogP contribution in [-0.4, -0.2) is 6.72 Å². The summed E-state index contributed by atoms with van der Waals surface area (Å²) in [6, 6.07) is 5.95. The van der Waals surface area contributed by atoms with Crippen LogP contribution in [0.5, 0.6) is 0 Å². The molecule has 1 aromatic carbocycles. The lowest BCUT2D eigenvalue weighted by Crippen LogP contribution is -1.80. The maximum absolute atomic E-state index is 3.92. The van der Waals surface area contributed by atoms with Crippen molar-refractivity contribution in [2.24, 2.45) is 4.99 Å². The zero-order valence-corrected chi connectivity index (χ0v) is 7.88. The molecule has 0 aliphatic carbocycles. The average Bonchev–Trinajstić information content (AvgIpc) is 2.16. The third-order valence-electron chi connectivity index (χ3n) is 1.91. The molecule has 0 aliphatic rings. The van der Waals surface area contributed by atoms with Crippen LogP contribution in [0, 0.1) is 0 Å². The van der Waals surface area contributed by atoms with Crippen LogP contribution in [0.3, 0.4) is 0 Å². The van der Waals surface area contributed by atoms with E-state index in [0.29, 0.717) is 0 Å². The highest BCUT2D eigenvalue weighted by Gasteiger charge is 1.99. The fourth-order valence-electron chi connectivity index (χ4n) is 1.12. The van der Waals surface area contributed by atoms with Crippen molar-refractivity contribution in [3.8, 4) is 0 Å². The van der Waals surface area contributed by atoms with Gasteiger partial charge in [0.15, 0.2) is 0 Å². The molecule has 66 valence electrons. The molecule has 1 heteroatoms. The highest BCUT2D eigenvalue weighted by atomic mass is 14.7. The van der Waals surface area contributed by atoms with Gasteiger partial charge in [-0.3, -0.25) is 4.99 Å². The van der Waals surface area contributed by atoms with Crippen molar-refractivity contribution in [3.63, 3.8) is 0 Å². The van der Waals surface area contributed by atoms with E-state index in [0.717, 1.165) is 22.4 Å². The number of hydrogen-bond donors (Lipinski definition) is 0. The van der Waals surface area contributed by atoms with E-state index >= 15 is 0 Å². The van der Waals surface area contributed by atoms with Gasteiger partial charge in [-0.15, -0.1) is 0 Å². The highest BCUT2D eigenvalue weighted by molar-refractivity contribution is 5.72. The average molecular weight is 171 g/mol. The Morgan fingerprint density at radius 2 is 2.15 bits per heavy atom. The van der Waals surface area contributed by atoms with Crippen molar-refractivity contribution in [3.05, 3.63) is 42.5 Å². The quantitative estimate of drug-likeness (QED) is 0.615. The zero-order valence-electron chi connectivity index (χ0n) is 7.88. The molecule has 0 N–H and O–H groups in total. The van der Waals surface area contributed by atoms with Crippen molar-refractivity contribution >= 4 is 24.1 Å². The van der Waals surface area contributed by atoms with Crippen LogP contribution >= 0.6 is 0 Å². The van der Waals surface area contributed by atoms with Gasteiger partial charge in [0.25, 0.3) is 0 Å². The molecule has 1 nitrogen and oxygen atoms in total. The summed E-state index contributed by atoms with van der Waals surface area (Å²) in [5.74, 6) is 0. The molecule has 0 radical (unpaired) electrons. The minimum absolute atomic E-state index is 0.857. The van der Waals surface area contributed by atoms with E-state index in [-0.39, 0.29) is 0 Å². The SMILES string of the molecule is C=Cc1ccc(C(=C)C)cc1N=C. The predicted molar refractivity (Wildman–Crippen MR) is 60.5 cm³/mol. The van der Waals surface area contributed by atoms with Crippen LogP contribution in [0.2, 0.25) is 0 Å². The van der Waals surface area contributed by atoms with E-state index in [1.54, 1.807) is 6.08 Å². The first-order chi connectivity index (χ1) is 6.19. The van der Waals surface area contributed by atoms with E-state index in [4.69, 9.17) is 0 Å². The standard InChI is InChI=1S/C12H13N/c1-5-10-6-7-11(9(2)3)8-12(10)13-4/h5-8H,1-2,4H2,3H3. The monoisotopic (exact) mass is 171 g/mol. The van der Waals surface area contributed by atoms with Crippen LogP contribution < -0.4 is 0 Å². The maximum atomic E-state index is 3.92. The molecule has 0 amide bonds. The summed E-state index contributed by atoms with van der Waals surface area (Å²) in [6.45, 7) is 13.1. The normalized spacial score (nSPS) is 9.31. The first-order valence-electron chi connectivity index (χ1n) is 4.08. The Morgan fingerprint density at radius 1 is 1.46 bits per heavy atom. The minimum atomic E-state index is 0.857. The summed E-state index contributed by atoms with van der Waals surface area (Å²) in [6.07, 6.45) is 1.77. The number of allylic oxidation sites excluding steroid dienone is 1. The summed E-state index contributed by atoms with van der Waals surface area (Å²) in [5.41, 5.74) is 3.98. The van der Waals surface area contributed by atoms with Crippen LogP contribution in [0.1, 0.15) is 18.1 Å². The number of nitrogens with zero attached hydrogens (tertiary/aromatic N) is 1. The van der Waals surface area contributed by atoms with Gasteiger partial charge in [0, 0.05) is 0 Å². The Labute approximate surface area is 79.1 Å². The minimum Gasteiger partial charge on any atom is -0.264 e. The van der Waals surface area contributed by atoms with Crippen molar-refractivity contribution < 1.29 is 0 Å². The fourth-order valence-corrected chi connectivity index (χ4v) is 1.12. The van der Waals surface area contributed by atoms with Crippen molar-refractivity contribution in [2.75, 3.05) is 0 Å². The fraction of sp³-hybridized carbons (Fsp3) is 0.0833. The number of aliphatic imine (C=N–C) groups is 1. The molecular formula is C12H13N. The van der Waals surface area contributed by atoms with Crippen LogP contribution in [0.25, 0.3) is 11.6 Å². The van der Waals surface area contributed by atoms with Gasteiger partial charge in [-0.25, -0.2) is 0 Å². The van der Waals surface area contributed by atoms with Gasteiger partial charge in [0.1, 0.15) is 0 Å². The van der Waals surface area contributed by atoms with Gasteiger partial charge in [-0.1, -0.05) is 36.9 Å². The highest BCUT2D eigenvalue weighted by Crippen LogP contribution is 2.24. The van der Waals surface area contributed by atoms with Gasteiger partial charge in [-0.2, -0.15) is 0 Å². The molecule has 1 rings (SSSR count). The van der Waals surface area contributed by atoms with Crippen LogP contribution in [-0.2, 0) is 0 Å². The maximum Gasteiger partial charge on any atom is 0.0700 e. The van der Waals surface area contributed by atoms with Gasteiger partial charge in [-0.05, 0) is 30.8 Å². The Bertz CT molecular complexity index is 361. The topological polar surface area (TPSA) is 12.4 Å². The Balaban J connectivity index is 3.28. The Morgan fingerprint density at radius 3 is 2.62 bits per heavy atom. The number of benzene rings is 1. The van der Waals surface area contributed by atoms with Crippen molar-refractivity contribution in [1.29, 1.82) is 0 Å². The Hall–Kier alpha value is -1.63. The largest absolute Gasteiger partial charge is 0.264 e. The van der Waals surface area contributed by atoms with E-state index in [9.17, 15) is 0 Å². The summed E-state index contributed by atoms with van der Waals surface area (Å²) in [7, 11) is 0. The molecule has 0 bridgehead atoms. The third kappa shape index (κ3) is 1.94. The van der Waals surface area contributed by atoms with E-state index in [1.165, 1.54) is 0 Å². The molecular weight excluding hydrogens is 158 g/mol. The van der Waals surface area contributed by atoms with E-state index in [1.807, 2.05) is 25.1 Å². The molecule has 0 saturated heterocycles. The summed E-state index contributed by atoms with van der Waals surface area (Å²) in [4.78, 5) is 3.92. The van der Waals surface area contributed by atoms with Gasteiger partial charge >= 0.3 is 0 Å². The molecule has 1 aromatic rings. The molecule has 0 aliphatic heterocycles. The molecule has 0 aromatic heterocycles. The second-order valence-electron chi connectivity index (χ2n) is 2.92. The molecule has 0 fully saturated rings. The number of rotatable bonds is 3. The summed E-state index contributed by atoms with van der Waals surface area (Å²) in [5, 5.41) is 0. The zero-order chi connectivity index (χ0) is 9.84. The lowest BCUT2D eigenvalue weighted by atomic mass is 10.0. The summed E-state index contributed by atoms with van der Waals surface area (Å²) < 4.78 is 0. The molecule has 13 heavy (non-hydrogen) atoms. The Kier molecular flexibility index (Phi) is 2.80.